The number of aliphatic hydroxyl groups excluding tert-OH is 1. The van der Waals surface area contributed by atoms with Crippen molar-refractivity contribution in [2.75, 3.05) is 0 Å². The average molecular weight is 266 g/mol. The molecular formula is C15H22O4. The highest BCUT2D eigenvalue weighted by Gasteiger charge is 2.61. The second kappa shape index (κ2) is 3.83. The van der Waals surface area contributed by atoms with Crippen molar-refractivity contribution < 1.29 is 19.7 Å². The van der Waals surface area contributed by atoms with Crippen LogP contribution < -0.4 is 0 Å². The van der Waals surface area contributed by atoms with Gasteiger partial charge in [-0.15, -0.1) is 0 Å². The van der Waals surface area contributed by atoms with Crippen LogP contribution in [0, 0.1) is 17.3 Å². The molecule has 0 amide bonds. The summed E-state index contributed by atoms with van der Waals surface area (Å²) >= 11 is 0. The summed E-state index contributed by atoms with van der Waals surface area (Å²) in [5, 5.41) is 20.9. The number of hydrogen-bond acceptors (Lipinski definition) is 4. The lowest BCUT2D eigenvalue weighted by Crippen LogP contribution is -2.61. The zero-order valence-electron chi connectivity index (χ0n) is 11.7. The van der Waals surface area contributed by atoms with Gasteiger partial charge in [-0.1, -0.05) is 13.0 Å². The molecule has 1 aliphatic heterocycles. The molecule has 106 valence electrons. The fraction of sp³-hybridized carbons (Fsp3) is 0.800. The Balaban J connectivity index is 2.06. The van der Waals surface area contributed by atoms with Crippen LogP contribution in [0.15, 0.2) is 11.6 Å². The highest BCUT2D eigenvalue weighted by Crippen LogP contribution is 2.56. The van der Waals surface area contributed by atoms with Crippen LogP contribution in [0.1, 0.15) is 40.0 Å². The van der Waals surface area contributed by atoms with Crippen LogP contribution in [-0.2, 0) is 9.53 Å². The number of carbonyl (C=O) groups is 1. The average Bonchev–Trinajstić information content (AvgIpc) is 2.60. The lowest BCUT2D eigenvalue weighted by molar-refractivity contribution is -0.198. The molecule has 2 aliphatic carbocycles. The minimum absolute atomic E-state index is 0.110. The normalized spacial score (nSPS) is 53.1. The van der Waals surface area contributed by atoms with Crippen molar-refractivity contribution in [3.05, 3.63) is 11.6 Å². The Morgan fingerprint density at radius 1 is 1.42 bits per heavy atom. The first-order valence-corrected chi connectivity index (χ1v) is 7.08. The monoisotopic (exact) mass is 266 g/mol. The summed E-state index contributed by atoms with van der Waals surface area (Å²) in [5.41, 5.74) is -0.329. The molecule has 3 aliphatic rings. The van der Waals surface area contributed by atoms with E-state index in [4.69, 9.17) is 4.74 Å². The molecule has 0 aromatic carbocycles. The van der Waals surface area contributed by atoms with Crippen molar-refractivity contribution in [2.24, 2.45) is 17.3 Å². The molecule has 4 heteroatoms. The molecule has 2 fully saturated rings. The van der Waals surface area contributed by atoms with E-state index in [2.05, 4.69) is 13.0 Å². The lowest BCUT2D eigenvalue weighted by atomic mass is 9.53. The summed E-state index contributed by atoms with van der Waals surface area (Å²) in [4.78, 5) is 11.8. The van der Waals surface area contributed by atoms with Gasteiger partial charge in [0, 0.05) is 5.92 Å². The first kappa shape index (κ1) is 13.1. The minimum atomic E-state index is -1.21. The number of aliphatic hydroxyl groups is 2. The van der Waals surface area contributed by atoms with Crippen molar-refractivity contribution in [1.82, 2.24) is 0 Å². The Morgan fingerprint density at radius 3 is 2.79 bits per heavy atom. The van der Waals surface area contributed by atoms with Gasteiger partial charge in [0.25, 0.3) is 0 Å². The fourth-order valence-electron chi connectivity index (χ4n) is 4.31. The predicted molar refractivity (Wildman–Crippen MR) is 69.2 cm³/mol. The first-order valence-electron chi connectivity index (χ1n) is 7.08. The van der Waals surface area contributed by atoms with E-state index in [1.165, 1.54) is 0 Å². The van der Waals surface area contributed by atoms with Gasteiger partial charge in [-0.2, -0.15) is 0 Å². The third-order valence-electron chi connectivity index (χ3n) is 5.58. The Hall–Kier alpha value is -0.870. The molecule has 0 radical (unpaired) electrons. The molecule has 2 N–H and O–H groups in total. The van der Waals surface area contributed by atoms with Crippen LogP contribution >= 0.6 is 0 Å². The summed E-state index contributed by atoms with van der Waals surface area (Å²) < 4.78 is 5.52. The number of carbonyl (C=O) groups excluding carboxylic acids is 1. The summed E-state index contributed by atoms with van der Waals surface area (Å²) in [7, 11) is 0. The molecule has 0 aromatic heterocycles. The van der Waals surface area contributed by atoms with E-state index >= 15 is 0 Å². The molecule has 1 saturated heterocycles. The van der Waals surface area contributed by atoms with E-state index < -0.39 is 11.7 Å². The highest BCUT2D eigenvalue weighted by atomic mass is 16.6. The number of esters is 1. The van der Waals surface area contributed by atoms with Crippen LogP contribution in [0.3, 0.4) is 0 Å². The third-order valence-corrected chi connectivity index (χ3v) is 5.58. The van der Waals surface area contributed by atoms with Crippen LogP contribution in [0.25, 0.3) is 0 Å². The predicted octanol–water partition coefficient (Wildman–Crippen LogP) is 1.41. The van der Waals surface area contributed by atoms with Gasteiger partial charge in [-0.25, -0.2) is 0 Å². The number of ether oxygens (including phenoxy) is 1. The molecular weight excluding hydrogens is 244 g/mol. The zero-order valence-corrected chi connectivity index (χ0v) is 11.7. The maximum Gasteiger partial charge on any atom is 0.313 e. The van der Waals surface area contributed by atoms with E-state index in [1.54, 1.807) is 6.92 Å². The zero-order chi connectivity index (χ0) is 14.0. The van der Waals surface area contributed by atoms with Crippen LogP contribution in [0.5, 0.6) is 0 Å². The van der Waals surface area contributed by atoms with Crippen LogP contribution in [-0.4, -0.2) is 34.0 Å². The van der Waals surface area contributed by atoms with Crippen molar-refractivity contribution in [3.63, 3.8) is 0 Å². The van der Waals surface area contributed by atoms with Gasteiger partial charge in [0.15, 0.2) is 0 Å². The molecule has 0 bridgehead atoms. The van der Waals surface area contributed by atoms with E-state index in [-0.39, 0.29) is 29.3 Å². The number of fused-ring (bicyclic) bond motifs is 3. The largest absolute Gasteiger partial charge is 0.457 e. The number of hydrogen-bond donors (Lipinski definition) is 2. The molecule has 3 rings (SSSR count). The first-order chi connectivity index (χ1) is 8.77. The van der Waals surface area contributed by atoms with Crippen LogP contribution in [0.2, 0.25) is 0 Å². The molecule has 19 heavy (non-hydrogen) atoms. The Kier molecular flexibility index (Phi) is 2.64. The Bertz CT molecular complexity index is 453. The van der Waals surface area contributed by atoms with Gasteiger partial charge in [-0.3, -0.25) is 4.79 Å². The second-order valence-corrected chi connectivity index (χ2v) is 6.90. The Labute approximate surface area is 113 Å². The summed E-state index contributed by atoms with van der Waals surface area (Å²) in [5.74, 6) is -0.654. The van der Waals surface area contributed by atoms with Crippen molar-refractivity contribution in [1.29, 1.82) is 0 Å². The molecule has 6 atom stereocenters. The maximum absolute atomic E-state index is 11.8. The SMILES string of the molecule is CC1C(=O)OC2C1=CCC1(C)CCC(O)C(C)(O)C21. The maximum atomic E-state index is 11.8. The summed E-state index contributed by atoms with van der Waals surface area (Å²) in [6, 6.07) is 0. The molecule has 6 unspecified atom stereocenters. The third kappa shape index (κ3) is 1.62. The fourth-order valence-corrected chi connectivity index (χ4v) is 4.31. The van der Waals surface area contributed by atoms with Gasteiger partial charge in [0.2, 0.25) is 0 Å². The van der Waals surface area contributed by atoms with Gasteiger partial charge in [0.05, 0.1) is 17.6 Å². The van der Waals surface area contributed by atoms with Gasteiger partial charge >= 0.3 is 5.97 Å². The quantitative estimate of drug-likeness (QED) is 0.514. The second-order valence-electron chi connectivity index (χ2n) is 6.90. The molecule has 4 nitrogen and oxygen atoms in total. The summed E-state index contributed by atoms with van der Waals surface area (Å²) in [6.07, 6.45) is 3.28. The topological polar surface area (TPSA) is 66.8 Å². The number of rotatable bonds is 0. The molecule has 0 aromatic rings. The lowest BCUT2D eigenvalue weighted by Gasteiger charge is -2.55. The summed E-state index contributed by atoms with van der Waals surface area (Å²) in [6.45, 7) is 5.66. The standard InChI is InChI=1S/C15H22O4/c1-8-9-4-6-14(2)7-5-10(16)15(3,18)12(14)11(9)19-13(8)17/h4,8,10-12,16,18H,5-7H2,1-3H3. The van der Waals surface area contributed by atoms with Crippen molar-refractivity contribution >= 4 is 5.97 Å². The molecule has 1 heterocycles. The highest BCUT2D eigenvalue weighted by molar-refractivity contribution is 5.79. The van der Waals surface area contributed by atoms with Crippen molar-refractivity contribution in [3.8, 4) is 0 Å². The minimum Gasteiger partial charge on any atom is -0.457 e. The van der Waals surface area contributed by atoms with Gasteiger partial charge < -0.3 is 14.9 Å². The Morgan fingerprint density at radius 2 is 2.11 bits per heavy atom. The molecule has 0 spiro atoms. The van der Waals surface area contributed by atoms with E-state index in [0.717, 1.165) is 18.4 Å². The van der Waals surface area contributed by atoms with Crippen LogP contribution in [0.4, 0.5) is 0 Å². The number of allylic oxidation sites excluding steroid dienone is 1. The van der Waals surface area contributed by atoms with E-state index in [1.807, 2.05) is 6.92 Å². The van der Waals surface area contributed by atoms with E-state index in [0.29, 0.717) is 6.42 Å². The smallest absolute Gasteiger partial charge is 0.313 e. The molecule has 1 saturated carbocycles. The van der Waals surface area contributed by atoms with E-state index in [9.17, 15) is 15.0 Å². The van der Waals surface area contributed by atoms with Gasteiger partial charge in [0.1, 0.15) is 6.10 Å². The van der Waals surface area contributed by atoms with Crippen molar-refractivity contribution in [2.45, 2.75) is 57.8 Å². The van der Waals surface area contributed by atoms with Gasteiger partial charge in [-0.05, 0) is 44.1 Å².